The zero-order chi connectivity index (χ0) is 34.3. The molecule has 0 saturated heterocycles. The second-order valence-electron chi connectivity index (χ2n) is 16.5. The third-order valence-electron chi connectivity index (χ3n) is 11.9. The predicted octanol–water partition coefficient (Wildman–Crippen LogP) is 13.9. The Morgan fingerprint density at radius 2 is 1.04 bits per heavy atom. The fraction of sp³-hybridized carbons (Fsp3) is 0.234. The quantitative estimate of drug-likeness (QED) is 0.147. The van der Waals surface area contributed by atoms with Gasteiger partial charge in [-0.05, 0) is 0 Å². The standard InChI is InChI=1S/C23H21.C22H19.2CH3.2ClH.H2Si.Zr/c1-15(2)18-11-12-21(23-14-16(3)13-22(18)23)20-10-6-8-17-7-4-5-9-19(17)20;1-15(2)18-13-17-9-6-12-21(22(17)14-18)20-11-5-8-16-7-3-4-10-19(16)20;;;;;;/h4-15H,1-3H3;3-15H,1-2H3;2*1H3;2*1H;1H2;. The van der Waals surface area contributed by atoms with Gasteiger partial charge in [-0.15, -0.1) is 24.8 Å². The Kier molecular flexibility index (Phi) is 10.2. The average molecular weight is 805 g/mol. The second-order valence-corrected chi connectivity index (χ2v) is 47.0. The molecule has 6 aromatic rings. The van der Waals surface area contributed by atoms with Crippen LogP contribution < -0.4 is 0 Å². The SMILES string of the molecule is CC1=Cc2c(-c3cccc4ccccc34)ccc(C(C)C)c2[CH]1[Zr]([CH3])([CH3])(=[SiH2])[CH]1C(C(C)C)=Cc2c(-c3cccc4ccccc34)cccc21.Cl.Cl. The summed E-state index contributed by atoms with van der Waals surface area (Å²) in [6.07, 6.45) is 5.22. The molecule has 0 saturated carbocycles. The predicted molar refractivity (Wildman–Crippen MR) is 230 cm³/mol. The molecule has 0 N–H and O–H groups in total. The molecule has 2 unspecified atom stereocenters. The summed E-state index contributed by atoms with van der Waals surface area (Å²) in [5, 5.41) is 5.29. The van der Waals surface area contributed by atoms with Gasteiger partial charge in [-0.2, -0.15) is 0 Å². The maximum absolute atomic E-state index is 3.83. The van der Waals surface area contributed by atoms with Crippen LogP contribution in [0.2, 0.25) is 9.26 Å². The van der Waals surface area contributed by atoms with E-state index in [4.69, 9.17) is 0 Å². The molecule has 8 rings (SSSR count). The Bertz CT molecular complexity index is 2450. The molecular weight excluding hydrogens is 755 g/mol. The number of allylic oxidation sites excluding steroid dienone is 2. The molecule has 0 nitrogen and oxygen atoms in total. The number of fused-ring (bicyclic) bond motifs is 4. The van der Waals surface area contributed by atoms with Crippen LogP contribution in [0.1, 0.15) is 75.6 Å². The van der Waals surface area contributed by atoms with E-state index in [-0.39, 0.29) is 24.8 Å². The molecule has 2 aliphatic rings. The number of hydrogen-bond donors (Lipinski definition) is 0. The van der Waals surface area contributed by atoms with Crippen LogP contribution >= 0.6 is 24.8 Å². The normalized spacial score (nSPS) is 16.8. The molecule has 51 heavy (non-hydrogen) atoms. The molecule has 0 spiro atoms. The van der Waals surface area contributed by atoms with Crippen molar-refractivity contribution in [1.29, 1.82) is 0 Å². The van der Waals surface area contributed by atoms with Crippen molar-refractivity contribution in [1.82, 2.24) is 0 Å². The number of hydrogen-bond acceptors (Lipinski definition) is 0. The number of halogens is 2. The molecule has 0 fully saturated rings. The molecule has 260 valence electrons. The Labute approximate surface area is 319 Å². The summed E-state index contributed by atoms with van der Waals surface area (Å²) >= 11 is -3.83. The summed E-state index contributed by atoms with van der Waals surface area (Å²) in [5.41, 5.74) is 16.3. The Morgan fingerprint density at radius 1 is 0.529 bits per heavy atom. The minimum Gasteiger partial charge on any atom is -0.147 e. The van der Waals surface area contributed by atoms with Crippen LogP contribution in [-0.4, -0.2) is 6.88 Å². The minimum atomic E-state index is -3.83. The van der Waals surface area contributed by atoms with Crippen molar-refractivity contribution >= 4 is 65.4 Å². The number of rotatable bonds is 6. The van der Waals surface area contributed by atoms with Crippen molar-refractivity contribution in [2.75, 3.05) is 0 Å². The largest absolute Gasteiger partial charge is 0.147 e. The molecule has 0 aromatic heterocycles. The van der Waals surface area contributed by atoms with Crippen molar-refractivity contribution < 1.29 is 17.4 Å². The number of benzene rings is 6. The van der Waals surface area contributed by atoms with E-state index < -0.39 is 17.4 Å². The van der Waals surface area contributed by atoms with Crippen LogP contribution in [-0.2, 0) is 17.4 Å². The molecule has 2 atom stereocenters. The first kappa shape index (κ1) is 37.7. The third-order valence-corrected chi connectivity index (χ3v) is 29.4. The van der Waals surface area contributed by atoms with Gasteiger partial charge in [-0.25, -0.2) is 0 Å². The Hall–Kier alpha value is -3.00. The molecule has 4 heteroatoms. The molecular formula is C47H50Cl2SiZr. The van der Waals surface area contributed by atoms with Crippen molar-refractivity contribution in [2.45, 2.75) is 57.1 Å². The van der Waals surface area contributed by atoms with Crippen LogP contribution in [0.4, 0.5) is 0 Å². The Morgan fingerprint density at radius 3 is 1.61 bits per heavy atom. The molecule has 6 aromatic carbocycles. The zero-order valence-corrected chi connectivity index (χ0v) is 36.5. The monoisotopic (exact) mass is 802 g/mol. The smallest absolute Gasteiger partial charge is 0.147 e. The summed E-state index contributed by atoms with van der Waals surface area (Å²) in [6, 6.07) is 43.5. The fourth-order valence-corrected chi connectivity index (χ4v) is 30.4. The van der Waals surface area contributed by atoms with Crippen LogP contribution in [0.25, 0.3) is 56.0 Å². The van der Waals surface area contributed by atoms with E-state index >= 15 is 0 Å². The van der Waals surface area contributed by atoms with E-state index in [0.717, 1.165) is 0 Å². The molecule has 0 heterocycles. The zero-order valence-electron chi connectivity index (χ0n) is 31.0. The van der Waals surface area contributed by atoms with Gasteiger partial charge < -0.3 is 0 Å². The minimum absolute atomic E-state index is 0. The van der Waals surface area contributed by atoms with Crippen molar-refractivity contribution in [2.24, 2.45) is 5.92 Å². The Balaban J connectivity index is 0.00000224. The molecule has 0 radical (unpaired) electrons. The summed E-state index contributed by atoms with van der Waals surface area (Å²) in [6.45, 7) is 14.6. The van der Waals surface area contributed by atoms with E-state index in [1.165, 1.54) is 60.5 Å². The summed E-state index contributed by atoms with van der Waals surface area (Å²) in [7, 11) is 0. The summed E-state index contributed by atoms with van der Waals surface area (Å²) in [5.74, 6) is 0.937. The van der Waals surface area contributed by atoms with Gasteiger partial charge in [0, 0.05) is 0 Å². The van der Waals surface area contributed by atoms with Gasteiger partial charge in [0.25, 0.3) is 0 Å². The van der Waals surface area contributed by atoms with Gasteiger partial charge >= 0.3 is 297 Å². The second kappa shape index (κ2) is 13.8. The van der Waals surface area contributed by atoms with Gasteiger partial charge in [-0.3, -0.25) is 0 Å². The first-order chi connectivity index (χ1) is 23.4. The summed E-state index contributed by atoms with van der Waals surface area (Å²) < 4.78 is 6.55. The fourth-order valence-electron chi connectivity index (χ4n) is 9.94. The first-order valence-corrected chi connectivity index (χ1v) is 31.9. The topological polar surface area (TPSA) is 0 Å². The van der Waals surface area contributed by atoms with Gasteiger partial charge in [-0.1, -0.05) is 0 Å². The maximum atomic E-state index is 2.80. The maximum Gasteiger partial charge on any atom is -0.147 e. The van der Waals surface area contributed by atoms with Crippen molar-refractivity contribution in [3.63, 3.8) is 0 Å². The van der Waals surface area contributed by atoms with Gasteiger partial charge in [0.05, 0.1) is 0 Å². The van der Waals surface area contributed by atoms with E-state index in [9.17, 15) is 0 Å². The third kappa shape index (κ3) is 5.99. The van der Waals surface area contributed by atoms with E-state index in [0.29, 0.717) is 19.1 Å². The van der Waals surface area contributed by atoms with Crippen molar-refractivity contribution in [3.8, 4) is 22.3 Å². The van der Waals surface area contributed by atoms with E-state index in [2.05, 4.69) is 178 Å². The van der Waals surface area contributed by atoms with Gasteiger partial charge in [0.1, 0.15) is 0 Å². The van der Waals surface area contributed by atoms with E-state index in [1.807, 2.05) is 0 Å². The average Bonchev–Trinajstić information content (AvgIpc) is 3.67. The van der Waals surface area contributed by atoms with Crippen LogP contribution in [0.15, 0.2) is 126 Å². The summed E-state index contributed by atoms with van der Waals surface area (Å²) in [4.78, 5) is 0. The molecule has 0 amide bonds. The van der Waals surface area contributed by atoms with Crippen LogP contribution in [0, 0.1) is 5.92 Å². The van der Waals surface area contributed by atoms with E-state index in [1.54, 1.807) is 22.3 Å². The molecule has 0 bridgehead atoms. The van der Waals surface area contributed by atoms with Crippen LogP contribution in [0.3, 0.4) is 0 Å². The van der Waals surface area contributed by atoms with Gasteiger partial charge in [0.2, 0.25) is 0 Å². The first-order valence-electron chi connectivity index (χ1n) is 18.2. The van der Waals surface area contributed by atoms with Crippen LogP contribution in [0.5, 0.6) is 0 Å². The van der Waals surface area contributed by atoms with Crippen molar-refractivity contribution in [3.05, 3.63) is 154 Å². The molecule has 2 aliphatic carbocycles. The van der Waals surface area contributed by atoms with Gasteiger partial charge in [0.15, 0.2) is 0 Å². The molecule has 0 aliphatic heterocycles.